The third-order valence-electron chi connectivity index (χ3n) is 6.53. The normalized spacial score (nSPS) is 13.5. The molecule has 41 heavy (non-hydrogen) atoms. The lowest BCUT2D eigenvalue weighted by atomic mass is 10.0. The Morgan fingerprint density at radius 3 is 2.51 bits per heavy atom. The van der Waals surface area contributed by atoms with E-state index >= 15 is 0 Å². The number of benzene rings is 2. The molecule has 4 rings (SSSR count). The zero-order valence-electron chi connectivity index (χ0n) is 23.4. The van der Waals surface area contributed by atoms with Gasteiger partial charge in [0.15, 0.2) is 0 Å². The second kappa shape index (κ2) is 13.6. The first-order chi connectivity index (χ1) is 19.6. The largest absolute Gasteiger partial charge is 0.393 e. The Bertz CT molecular complexity index is 1500. The van der Waals surface area contributed by atoms with Gasteiger partial charge in [0.2, 0.25) is 11.8 Å². The van der Waals surface area contributed by atoms with Crippen molar-refractivity contribution in [3.8, 4) is 11.3 Å². The number of rotatable bonds is 11. The number of nitrogens with one attached hydrogen (secondary N) is 1. The van der Waals surface area contributed by atoms with Crippen molar-refractivity contribution in [1.29, 1.82) is 0 Å². The predicted molar refractivity (Wildman–Crippen MR) is 160 cm³/mol. The minimum atomic E-state index is -1.11. The topological polar surface area (TPSA) is 139 Å². The number of aromatic nitrogens is 2. The van der Waals surface area contributed by atoms with E-state index in [0.717, 1.165) is 31.9 Å². The molecule has 0 radical (unpaired) electrons. The van der Waals surface area contributed by atoms with Gasteiger partial charge in [-0.05, 0) is 61.2 Å². The molecule has 0 spiro atoms. The van der Waals surface area contributed by atoms with Crippen molar-refractivity contribution in [1.82, 2.24) is 20.2 Å². The van der Waals surface area contributed by atoms with Crippen LogP contribution in [-0.4, -0.2) is 56.0 Å². The highest BCUT2D eigenvalue weighted by atomic mass is 32.1. The number of carbonyl (C=O) groups excluding carboxylic acids is 3. The molecule has 2 aromatic carbocycles. The smallest absolute Gasteiger partial charge is 0.262 e. The number of thiazole rings is 1. The first kappa shape index (κ1) is 30.0. The van der Waals surface area contributed by atoms with Crippen LogP contribution in [0.4, 0.5) is 0 Å². The SMILES string of the molecule is CC(C)C[C@H](N)C(=O)N(C(=O)c1ccc2ncsc2c1)C(CC(C)O)NC(=O)Cc1cccc(-c2ccccn2)c1. The van der Waals surface area contributed by atoms with Crippen LogP contribution in [0.3, 0.4) is 0 Å². The molecule has 3 amide bonds. The van der Waals surface area contributed by atoms with Crippen LogP contribution in [0.15, 0.2) is 72.4 Å². The summed E-state index contributed by atoms with van der Waals surface area (Å²) in [5.74, 6) is -1.52. The molecule has 0 saturated carbocycles. The zero-order chi connectivity index (χ0) is 29.5. The fourth-order valence-electron chi connectivity index (χ4n) is 4.66. The molecule has 2 heterocycles. The minimum Gasteiger partial charge on any atom is -0.393 e. The van der Waals surface area contributed by atoms with Crippen molar-refractivity contribution in [3.63, 3.8) is 0 Å². The highest BCUT2D eigenvalue weighted by Gasteiger charge is 2.35. The molecule has 0 aliphatic rings. The molecule has 0 aliphatic carbocycles. The van der Waals surface area contributed by atoms with Gasteiger partial charge in [-0.2, -0.15) is 0 Å². The summed E-state index contributed by atoms with van der Waals surface area (Å²) < 4.78 is 0.790. The highest BCUT2D eigenvalue weighted by Crippen LogP contribution is 2.23. The van der Waals surface area contributed by atoms with Crippen LogP contribution in [0.25, 0.3) is 21.5 Å². The lowest BCUT2D eigenvalue weighted by Crippen LogP contribution is -2.58. The fraction of sp³-hybridized carbons (Fsp3) is 0.323. The standard InChI is InChI=1S/C31H35N5O4S/c1-19(2)13-24(32)31(40)36(30(39)23-10-11-26-27(17-23)41-18-34-26)28(14-20(3)37)35-29(38)16-21-7-6-8-22(15-21)25-9-4-5-12-33-25/h4-12,15,17-20,24,28,37H,13-14,16,32H2,1-3H3,(H,35,38)/t20?,24-,28?/m0/s1. The molecule has 4 N–H and O–H groups in total. The number of pyridine rings is 1. The van der Waals surface area contributed by atoms with E-state index < -0.39 is 36.0 Å². The van der Waals surface area contributed by atoms with Gasteiger partial charge in [0.05, 0.1) is 40.0 Å². The van der Waals surface area contributed by atoms with Gasteiger partial charge < -0.3 is 16.2 Å². The molecule has 4 aromatic rings. The number of imide groups is 1. The van der Waals surface area contributed by atoms with Gasteiger partial charge in [-0.1, -0.05) is 38.1 Å². The molecule has 10 heteroatoms. The van der Waals surface area contributed by atoms with Gasteiger partial charge in [-0.15, -0.1) is 11.3 Å². The Balaban J connectivity index is 1.62. The van der Waals surface area contributed by atoms with Gasteiger partial charge in [0, 0.05) is 23.7 Å². The summed E-state index contributed by atoms with van der Waals surface area (Å²) in [7, 11) is 0. The third-order valence-corrected chi connectivity index (χ3v) is 7.32. The summed E-state index contributed by atoms with van der Waals surface area (Å²) in [6, 6.07) is 17.1. The van der Waals surface area contributed by atoms with Crippen molar-refractivity contribution in [2.45, 2.75) is 58.3 Å². The number of hydrogen-bond donors (Lipinski definition) is 3. The Labute approximate surface area is 243 Å². The maximum Gasteiger partial charge on any atom is 0.262 e. The van der Waals surface area contributed by atoms with E-state index in [0.29, 0.717) is 6.42 Å². The molecule has 0 saturated heterocycles. The molecule has 3 atom stereocenters. The molecule has 0 aliphatic heterocycles. The quantitative estimate of drug-likeness (QED) is 0.229. The van der Waals surface area contributed by atoms with Crippen molar-refractivity contribution < 1.29 is 19.5 Å². The first-order valence-electron chi connectivity index (χ1n) is 13.6. The van der Waals surface area contributed by atoms with Gasteiger partial charge in [0.1, 0.15) is 6.17 Å². The van der Waals surface area contributed by atoms with E-state index in [1.807, 2.05) is 56.3 Å². The Morgan fingerprint density at radius 1 is 1.00 bits per heavy atom. The van der Waals surface area contributed by atoms with Crippen molar-refractivity contribution >= 4 is 39.3 Å². The zero-order valence-corrected chi connectivity index (χ0v) is 24.2. The lowest BCUT2D eigenvalue weighted by Gasteiger charge is -2.33. The fourth-order valence-corrected chi connectivity index (χ4v) is 5.37. The summed E-state index contributed by atoms with van der Waals surface area (Å²) in [4.78, 5) is 50.6. The van der Waals surface area contributed by atoms with Crippen LogP contribution >= 0.6 is 11.3 Å². The number of hydrogen-bond acceptors (Lipinski definition) is 8. The maximum atomic E-state index is 13.9. The van der Waals surface area contributed by atoms with E-state index in [1.165, 1.54) is 11.3 Å². The number of nitrogens with zero attached hydrogens (tertiary/aromatic N) is 3. The van der Waals surface area contributed by atoms with E-state index in [9.17, 15) is 19.5 Å². The molecule has 0 bridgehead atoms. The number of aliphatic hydroxyl groups excluding tert-OH is 1. The molecule has 2 unspecified atom stereocenters. The maximum absolute atomic E-state index is 13.9. The third kappa shape index (κ3) is 7.81. The molecule has 0 fully saturated rings. The monoisotopic (exact) mass is 573 g/mol. The predicted octanol–water partition coefficient (Wildman–Crippen LogP) is 4.16. The van der Waals surface area contributed by atoms with Crippen LogP contribution in [0.5, 0.6) is 0 Å². The van der Waals surface area contributed by atoms with Gasteiger partial charge in [-0.25, -0.2) is 4.98 Å². The Kier molecular flexibility index (Phi) is 9.93. The van der Waals surface area contributed by atoms with Crippen LogP contribution < -0.4 is 11.1 Å². The number of carbonyl (C=O) groups is 3. The number of aliphatic hydroxyl groups is 1. The molecule has 9 nitrogen and oxygen atoms in total. The second-order valence-electron chi connectivity index (χ2n) is 10.5. The summed E-state index contributed by atoms with van der Waals surface area (Å²) in [6.07, 6.45) is -0.0362. The van der Waals surface area contributed by atoms with Gasteiger partial charge in [-0.3, -0.25) is 24.3 Å². The van der Waals surface area contributed by atoms with E-state index in [4.69, 9.17) is 5.73 Å². The van der Waals surface area contributed by atoms with Gasteiger partial charge >= 0.3 is 0 Å². The number of amides is 3. The number of fused-ring (bicyclic) bond motifs is 1. The summed E-state index contributed by atoms with van der Waals surface area (Å²) in [6.45, 7) is 5.41. The second-order valence-corrected chi connectivity index (χ2v) is 11.4. The Morgan fingerprint density at radius 2 is 1.80 bits per heavy atom. The van der Waals surface area contributed by atoms with Crippen molar-refractivity contribution in [2.75, 3.05) is 0 Å². The Hall–Kier alpha value is -3.99. The minimum absolute atomic E-state index is 0.00191. The van der Waals surface area contributed by atoms with Crippen LogP contribution in [0.1, 0.15) is 49.5 Å². The van der Waals surface area contributed by atoms with E-state index in [-0.39, 0.29) is 24.3 Å². The van der Waals surface area contributed by atoms with Crippen LogP contribution in [0.2, 0.25) is 0 Å². The van der Waals surface area contributed by atoms with Crippen molar-refractivity contribution in [3.05, 3.63) is 83.5 Å². The average molecular weight is 574 g/mol. The van der Waals surface area contributed by atoms with Crippen molar-refractivity contribution in [2.24, 2.45) is 11.7 Å². The van der Waals surface area contributed by atoms with E-state index in [1.54, 1.807) is 36.8 Å². The van der Waals surface area contributed by atoms with Gasteiger partial charge in [0.25, 0.3) is 5.91 Å². The molecule has 2 aromatic heterocycles. The molecular weight excluding hydrogens is 538 g/mol. The van der Waals surface area contributed by atoms with E-state index in [2.05, 4.69) is 15.3 Å². The summed E-state index contributed by atoms with van der Waals surface area (Å²) >= 11 is 1.38. The summed E-state index contributed by atoms with van der Waals surface area (Å²) in [5, 5.41) is 13.2. The highest BCUT2D eigenvalue weighted by molar-refractivity contribution is 7.16. The summed E-state index contributed by atoms with van der Waals surface area (Å²) in [5.41, 5.74) is 11.3. The first-order valence-corrected chi connectivity index (χ1v) is 14.4. The number of nitrogens with two attached hydrogens (primary N) is 1. The van der Waals surface area contributed by atoms with Crippen LogP contribution in [-0.2, 0) is 16.0 Å². The van der Waals surface area contributed by atoms with Crippen LogP contribution in [0, 0.1) is 5.92 Å². The average Bonchev–Trinajstić information content (AvgIpc) is 3.41. The lowest BCUT2D eigenvalue weighted by molar-refractivity contribution is -0.134. The molecule has 214 valence electrons. The molecular formula is C31H35N5O4S.